The van der Waals surface area contributed by atoms with E-state index in [2.05, 4.69) is 172 Å². The summed E-state index contributed by atoms with van der Waals surface area (Å²) in [6.45, 7) is 20.9. The lowest BCUT2D eigenvalue weighted by molar-refractivity contribution is 0.282. The van der Waals surface area contributed by atoms with Gasteiger partial charge in [-0.05, 0) is 74.8 Å². The fraction of sp³-hybridized carbons (Fsp3) is 0.155. The Morgan fingerprint density at radius 3 is 0.361 bits per heavy atom. The third kappa shape index (κ3) is 40.1. The minimum absolute atomic E-state index is 0.139. The molecule has 0 saturated heterocycles. The summed E-state index contributed by atoms with van der Waals surface area (Å²) in [6, 6.07) is 100. The van der Waals surface area contributed by atoms with E-state index >= 15 is 0 Å². The second-order valence-electron chi connectivity index (χ2n) is 17.0. The highest BCUT2D eigenvalue weighted by Crippen LogP contribution is 2.02. The van der Waals surface area contributed by atoms with Gasteiger partial charge in [-0.15, -0.1) is 0 Å². The number of hydrogen-bond acceptors (Lipinski definition) is 1. The topological polar surface area (TPSA) is 20.2 Å². The van der Waals surface area contributed by atoms with Crippen LogP contribution in [0.4, 0.5) is 0 Å². The van der Waals surface area contributed by atoms with Crippen LogP contribution in [0.3, 0.4) is 0 Å². The van der Waals surface area contributed by atoms with Crippen molar-refractivity contribution in [3.05, 3.63) is 358 Å². The standard InChI is InChI=1S/C8H10O.9C7H8/c1-7-2-4-8(6-9)5-3-7;9*1-7-5-3-2-4-6-7/h2-5,9H,6H2,1H3;9*2-6H,1H3. The predicted octanol–water partition coefficient (Wildman–Crippen LogP) is 19.4. The minimum atomic E-state index is 0.139. The van der Waals surface area contributed by atoms with E-state index in [0.717, 1.165) is 5.56 Å². The third-order valence-corrected chi connectivity index (χ3v) is 9.77. The molecule has 0 aromatic heterocycles. The van der Waals surface area contributed by atoms with E-state index in [0.29, 0.717) is 0 Å². The van der Waals surface area contributed by atoms with Crippen molar-refractivity contribution in [2.24, 2.45) is 0 Å². The molecule has 372 valence electrons. The van der Waals surface area contributed by atoms with Gasteiger partial charge in [0.25, 0.3) is 0 Å². The van der Waals surface area contributed by atoms with Crippen LogP contribution in [-0.4, -0.2) is 5.11 Å². The highest BCUT2D eigenvalue weighted by Gasteiger charge is 1.86. The molecule has 72 heavy (non-hydrogen) atoms. The van der Waals surface area contributed by atoms with Crippen molar-refractivity contribution < 1.29 is 5.11 Å². The van der Waals surface area contributed by atoms with Crippen molar-refractivity contribution in [2.75, 3.05) is 0 Å². The quantitative estimate of drug-likeness (QED) is 0.174. The Kier molecular flexibility index (Phi) is 37.3. The largest absolute Gasteiger partial charge is 0.392 e. The first-order chi connectivity index (χ1) is 34.9. The van der Waals surface area contributed by atoms with Gasteiger partial charge in [-0.3, -0.25) is 0 Å². The molecule has 0 fully saturated rings. The molecule has 0 amide bonds. The van der Waals surface area contributed by atoms with Gasteiger partial charge in [0.05, 0.1) is 6.61 Å². The van der Waals surface area contributed by atoms with Gasteiger partial charge in [0, 0.05) is 0 Å². The lowest BCUT2D eigenvalue weighted by Gasteiger charge is -1.93. The van der Waals surface area contributed by atoms with Crippen LogP contribution in [0, 0.1) is 69.2 Å². The van der Waals surface area contributed by atoms with Gasteiger partial charge in [0.2, 0.25) is 0 Å². The van der Waals surface area contributed by atoms with Crippen LogP contribution in [0.1, 0.15) is 61.2 Å². The molecule has 0 unspecified atom stereocenters. The van der Waals surface area contributed by atoms with E-state index in [1.807, 2.05) is 195 Å². The zero-order valence-corrected chi connectivity index (χ0v) is 44.9. The molecule has 1 heteroatoms. The molecule has 10 aromatic rings. The van der Waals surface area contributed by atoms with Gasteiger partial charge in [-0.2, -0.15) is 0 Å². The number of aliphatic hydroxyl groups excluding tert-OH is 1. The van der Waals surface area contributed by atoms with E-state index in [1.165, 1.54) is 55.6 Å². The van der Waals surface area contributed by atoms with Gasteiger partial charge in [-0.1, -0.05) is 353 Å². The zero-order chi connectivity index (χ0) is 52.7. The number of aliphatic hydroxyl groups is 1. The average Bonchev–Trinajstić information content (AvgIpc) is 3.40. The van der Waals surface area contributed by atoms with Crippen LogP contribution in [0.15, 0.2) is 297 Å². The second kappa shape index (κ2) is 43.2. The molecule has 0 atom stereocenters. The predicted molar refractivity (Wildman–Crippen MR) is 318 cm³/mol. The Labute approximate surface area is 437 Å². The van der Waals surface area contributed by atoms with Gasteiger partial charge in [0.15, 0.2) is 0 Å². The van der Waals surface area contributed by atoms with Crippen LogP contribution in [0.5, 0.6) is 0 Å². The summed E-state index contributed by atoms with van der Waals surface area (Å²) in [5, 5.41) is 8.63. The van der Waals surface area contributed by atoms with Gasteiger partial charge in [-0.25, -0.2) is 0 Å². The molecule has 0 aliphatic rings. The van der Waals surface area contributed by atoms with Crippen molar-refractivity contribution in [1.82, 2.24) is 0 Å². The fourth-order valence-corrected chi connectivity index (χ4v) is 5.50. The SMILES string of the molecule is Cc1ccc(CO)cc1.Cc1ccccc1.Cc1ccccc1.Cc1ccccc1.Cc1ccccc1.Cc1ccccc1.Cc1ccccc1.Cc1ccccc1.Cc1ccccc1.Cc1ccccc1. The number of aryl methyl sites for hydroxylation is 10. The maximum absolute atomic E-state index is 8.63. The number of hydrogen-bond donors (Lipinski definition) is 1. The number of benzene rings is 10. The van der Waals surface area contributed by atoms with Gasteiger partial charge < -0.3 is 5.11 Å². The van der Waals surface area contributed by atoms with E-state index in [1.54, 1.807) is 0 Å². The molecule has 0 heterocycles. The molecule has 0 bridgehead atoms. The van der Waals surface area contributed by atoms with Gasteiger partial charge in [0.1, 0.15) is 0 Å². The van der Waals surface area contributed by atoms with Crippen molar-refractivity contribution in [3.63, 3.8) is 0 Å². The summed E-state index contributed by atoms with van der Waals surface area (Å²) in [5.41, 5.74) is 14.1. The molecule has 10 aromatic carbocycles. The highest BCUT2D eigenvalue weighted by atomic mass is 16.3. The molecule has 10 rings (SSSR count). The summed E-state index contributed by atoms with van der Waals surface area (Å²) in [6.07, 6.45) is 0. The lowest BCUT2D eigenvalue weighted by Crippen LogP contribution is -1.80. The Bertz CT molecular complexity index is 2090. The second-order valence-corrected chi connectivity index (χ2v) is 17.0. The average molecular weight is 951 g/mol. The molecule has 0 spiro atoms. The van der Waals surface area contributed by atoms with Crippen molar-refractivity contribution in [2.45, 2.75) is 75.8 Å². The van der Waals surface area contributed by atoms with E-state index < -0.39 is 0 Å². The third-order valence-electron chi connectivity index (χ3n) is 9.77. The lowest BCUT2D eigenvalue weighted by atomic mass is 10.2. The summed E-state index contributed by atoms with van der Waals surface area (Å²) in [5.74, 6) is 0. The monoisotopic (exact) mass is 951 g/mol. The van der Waals surface area contributed by atoms with Gasteiger partial charge >= 0.3 is 0 Å². The Hall–Kier alpha value is -7.84. The van der Waals surface area contributed by atoms with Crippen LogP contribution in [0.25, 0.3) is 0 Å². The normalized spacial score (nSPS) is 8.82. The first-order valence-electron chi connectivity index (χ1n) is 24.7. The summed E-state index contributed by atoms with van der Waals surface area (Å²) in [7, 11) is 0. The molecule has 1 nitrogen and oxygen atoms in total. The highest BCUT2D eigenvalue weighted by molar-refractivity contribution is 5.21. The summed E-state index contributed by atoms with van der Waals surface area (Å²) in [4.78, 5) is 0. The molecular formula is C71H82O. The van der Waals surface area contributed by atoms with E-state index in [-0.39, 0.29) is 6.61 Å². The molecule has 0 saturated carbocycles. The van der Waals surface area contributed by atoms with E-state index in [4.69, 9.17) is 5.11 Å². The van der Waals surface area contributed by atoms with Crippen LogP contribution < -0.4 is 0 Å². The molecule has 0 aliphatic carbocycles. The fourth-order valence-electron chi connectivity index (χ4n) is 5.50. The van der Waals surface area contributed by atoms with E-state index in [9.17, 15) is 0 Å². The smallest absolute Gasteiger partial charge is 0.0681 e. The first kappa shape index (κ1) is 62.2. The van der Waals surface area contributed by atoms with Crippen LogP contribution >= 0.6 is 0 Å². The van der Waals surface area contributed by atoms with Crippen molar-refractivity contribution in [3.8, 4) is 0 Å². The summed E-state index contributed by atoms with van der Waals surface area (Å²) >= 11 is 0. The van der Waals surface area contributed by atoms with Crippen molar-refractivity contribution in [1.29, 1.82) is 0 Å². The molecule has 0 radical (unpaired) electrons. The van der Waals surface area contributed by atoms with Crippen LogP contribution in [-0.2, 0) is 6.61 Å². The Morgan fingerprint density at radius 1 is 0.167 bits per heavy atom. The maximum Gasteiger partial charge on any atom is 0.0681 e. The zero-order valence-electron chi connectivity index (χ0n) is 44.9. The van der Waals surface area contributed by atoms with Crippen LogP contribution in [0.2, 0.25) is 0 Å². The Balaban J connectivity index is 0.000000400. The number of rotatable bonds is 1. The Morgan fingerprint density at radius 2 is 0.278 bits per heavy atom. The molecule has 0 aliphatic heterocycles. The van der Waals surface area contributed by atoms with Crippen molar-refractivity contribution >= 4 is 0 Å². The first-order valence-corrected chi connectivity index (χ1v) is 24.7. The molecule has 1 N–H and O–H groups in total. The molecular weight excluding hydrogens is 869 g/mol. The maximum atomic E-state index is 8.63. The summed E-state index contributed by atoms with van der Waals surface area (Å²) < 4.78 is 0. The minimum Gasteiger partial charge on any atom is -0.392 e.